The number of aromatic nitrogens is 2. The number of halogens is 1. The van der Waals surface area contributed by atoms with Gasteiger partial charge in [0.15, 0.2) is 15.0 Å². The van der Waals surface area contributed by atoms with Crippen molar-refractivity contribution in [3.05, 3.63) is 82.6 Å². The zero-order valence-corrected chi connectivity index (χ0v) is 19.1. The summed E-state index contributed by atoms with van der Waals surface area (Å²) in [4.78, 5) is 23.8. The summed E-state index contributed by atoms with van der Waals surface area (Å²) in [5, 5.41) is 1.06. The smallest absolute Gasteiger partial charge is 0.261 e. The number of fused-ring (bicyclic) bond motifs is 1. The Balaban J connectivity index is 1.87. The summed E-state index contributed by atoms with van der Waals surface area (Å²) in [5.74, 6) is -0.444. The van der Waals surface area contributed by atoms with Crippen LogP contribution in [0.1, 0.15) is 21.5 Å². The molecular weight excluding hydrogens is 454 g/mol. The van der Waals surface area contributed by atoms with E-state index in [1.807, 2.05) is 19.1 Å². The van der Waals surface area contributed by atoms with Crippen molar-refractivity contribution in [2.75, 3.05) is 11.2 Å². The van der Waals surface area contributed by atoms with Gasteiger partial charge < -0.3 is 0 Å². The first-order valence-electron chi connectivity index (χ1n) is 9.30. The van der Waals surface area contributed by atoms with Gasteiger partial charge in [-0.2, -0.15) is 0 Å². The highest BCUT2D eigenvalue weighted by Gasteiger charge is 2.26. The summed E-state index contributed by atoms with van der Waals surface area (Å²) in [5.41, 5.74) is 2.61. The molecule has 2 aromatic heterocycles. The highest BCUT2D eigenvalue weighted by Crippen LogP contribution is 2.34. The number of thiazole rings is 1. The molecule has 0 bridgehead atoms. The molecule has 9 heteroatoms. The van der Waals surface area contributed by atoms with Gasteiger partial charge in [0, 0.05) is 23.7 Å². The predicted octanol–water partition coefficient (Wildman–Crippen LogP) is 4.90. The summed E-state index contributed by atoms with van der Waals surface area (Å²) >= 11 is 7.53. The molecule has 1 amide bonds. The van der Waals surface area contributed by atoms with E-state index in [1.54, 1.807) is 36.7 Å². The van der Waals surface area contributed by atoms with Crippen molar-refractivity contribution in [2.24, 2.45) is 0 Å². The first-order chi connectivity index (χ1) is 14.7. The monoisotopic (exact) mass is 471 g/mol. The van der Waals surface area contributed by atoms with Crippen LogP contribution in [0.3, 0.4) is 0 Å². The molecule has 0 aliphatic carbocycles. The summed E-state index contributed by atoms with van der Waals surface area (Å²) in [6.07, 6.45) is 4.38. The number of nitrogens with zero attached hydrogens (tertiary/aromatic N) is 3. The molecule has 6 nitrogen and oxygen atoms in total. The van der Waals surface area contributed by atoms with Crippen molar-refractivity contribution in [3.8, 4) is 0 Å². The highest BCUT2D eigenvalue weighted by atomic mass is 35.5. The quantitative estimate of drug-likeness (QED) is 0.413. The maximum Gasteiger partial charge on any atom is 0.261 e. The molecule has 0 saturated carbocycles. The average Bonchev–Trinajstić information content (AvgIpc) is 3.16. The van der Waals surface area contributed by atoms with E-state index in [1.165, 1.54) is 28.4 Å². The molecule has 4 rings (SSSR count). The Labute approximate surface area is 189 Å². The van der Waals surface area contributed by atoms with Crippen LogP contribution in [0.4, 0.5) is 5.13 Å². The fourth-order valence-electron chi connectivity index (χ4n) is 3.27. The molecule has 0 radical (unpaired) electrons. The lowest BCUT2D eigenvalue weighted by Crippen LogP contribution is -2.31. The van der Waals surface area contributed by atoms with Crippen molar-refractivity contribution in [1.82, 2.24) is 9.97 Å². The van der Waals surface area contributed by atoms with Crippen LogP contribution in [0.15, 0.2) is 65.8 Å². The number of hydrogen-bond acceptors (Lipinski definition) is 6. The number of carbonyl (C=O) groups is 1. The third kappa shape index (κ3) is 4.46. The molecule has 0 spiro atoms. The predicted molar refractivity (Wildman–Crippen MR) is 124 cm³/mol. The second kappa shape index (κ2) is 8.37. The minimum atomic E-state index is -3.60. The first-order valence-corrected chi connectivity index (χ1v) is 12.4. The Bertz CT molecular complexity index is 1390. The van der Waals surface area contributed by atoms with Crippen LogP contribution >= 0.6 is 22.9 Å². The van der Waals surface area contributed by atoms with Gasteiger partial charge in [0.25, 0.3) is 5.91 Å². The van der Waals surface area contributed by atoms with Crippen molar-refractivity contribution in [1.29, 1.82) is 0 Å². The van der Waals surface area contributed by atoms with Gasteiger partial charge in [0.2, 0.25) is 0 Å². The number of aryl methyl sites for hydroxylation is 1. The summed E-state index contributed by atoms with van der Waals surface area (Å²) < 4.78 is 25.4. The third-order valence-electron chi connectivity index (χ3n) is 4.72. The molecule has 31 heavy (non-hydrogen) atoms. The van der Waals surface area contributed by atoms with Crippen LogP contribution in [0.25, 0.3) is 10.2 Å². The number of anilines is 1. The lowest BCUT2D eigenvalue weighted by molar-refractivity contribution is 0.0982. The third-order valence-corrected chi connectivity index (χ3v) is 7.12. The number of benzene rings is 2. The lowest BCUT2D eigenvalue weighted by Gasteiger charge is -2.21. The second-order valence-electron chi connectivity index (χ2n) is 7.08. The van der Waals surface area contributed by atoms with Crippen LogP contribution in [0, 0.1) is 6.92 Å². The molecule has 0 unspecified atom stereocenters. The van der Waals surface area contributed by atoms with Gasteiger partial charge in [-0.05, 0) is 54.4 Å². The van der Waals surface area contributed by atoms with E-state index in [0.29, 0.717) is 10.2 Å². The van der Waals surface area contributed by atoms with Crippen molar-refractivity contribution in [2.45, 2.75) is 18.4 Å². The van der Waals surface area contributed by atoms with Crippen molar-refractivity contribution < 1.29 is 13.2 Å². The van der Waals surface area contributed by atoms with Gasteiger partial charge in [-0.25, -0.2) is 13.4 Å². The maximum atomic E-state index is 13.6. The molecule has 4 aromatic rings. The molecule has 158 valence electrons. The molecule has 0 aliphatic rings. The number of amides is 1. The molecule has 0 atom stereocenters. The molecule has 2 aromatic carbocycles. The largest absolute Gasteiger partial charge is 0.279 e. The normalized spacial score (nSPS) is 11.6. The van der Waals surface area contributed by atoms with E-state index >= 15 is 0 Å². The lowest BCUT2D eigenvalue weighted by atomic mass is 10.2. The van der Waals surface area contributed by atoms with E-state index in [4.69, 9.17) is 11.6 Å². The molecule has 2 heterocycles. The number of pyridine rings is 1. The zero-order valence-electron chi connectivity index (χ0n) is 16.7. The van der Waals surface area contributed by atoms with Gasteiger partial charge in [-0.3, -0.25) is 14.7 Å². The van der Waals surface area contributed by atoms with Crippen LogP contribution in [0.5, 0.6) is 0 Å². The number of rotatable bonds is 5. The number of sulfone groups is 1. The van der Waals surface area contributed by atoms with Crippen LogP contribution in [-0.2, 0) is 16.4 Å². The molecule has 0 saturated heterocycles. The summed E-state index contributed by atoms with van der Waals surface area (Å²) in [6.45, 7) is 2.12. The Morgan fingerprint density at radius 3 is 2.55 bits per heavy atom. The van der Waals surface area contributed by atoms with Gasteiger partial charge in [0.1, 0.15) is 0 Å². The Hall–Kier alpha value is -2.81. The zero-order chi connectivity index (χ0) is 22.2. The van der Waals surface area contributed by atoms with Gasteiger partial charge in [-0.15, -0.1) is 0 Å². The van der Waals surface area contributed by atoms with E-state index in [0.717, 1.165) is 27.6 Å². The SMILES string of the molecule is Cc1cc(Cl)cc2sc(N(Cc3ccncc3)C(=O)c3ccccc3S(C)(=O)=O)nc12. The first kappa shape index (κ1) is 21.4. The van der Waals surface area contributed by atoms with E-state index in [-0.39, 0.29) is 17.0 Å². The fraction of sp³-hybridized carbons (Fsp3) is 0.136. The molecular formula is C22H18ClN3O3S2. The Morgan fingerprint density at radius 1 is 1.13 bits per heavy atom. The Morgan fingerprint density at radius 2 is 1.84 bits per heavy atom. The molecule has 0 fully saturated rings. The van der Waals surface area contributed by atoms with Crippen LogP contribution < -0.4 is 4.90 Å². The van der Waals surface area contributed by atoms with E-state index in [9.17, 15) is 13.2 Å². The number of hydrogen-bond donors (Lipinski definition) is 0. The highest BCUT2D eigenvalue weighted by molar-refractivity contribution is 7.90. The summed E-state index contributed by atoms with van der Waals surface area (Å²) in [7, 11) is -3.60. The van der Waals surface area contributed by atoms with Crippen molar-refractivity contribution in [3.63, 3.8) is 0 Å². The molecule has 0 aliphatic heterocycles. The van der Waals surface area contributed by atoms with Gasteiger partial charge in [0.05, 0.1) is 27.2 Å². The van der Waals surface area contributed by atoms with Gasteiger partial charge in [-0.1, -0.05) is 35.1 Å². The molecule has 0 N–H and O–H groups in total. The van der Waals surface area contributed by atoms with Crippen molar-refractivity contribution >= 4 is 54.0 Å². The van der Waals surface area contributed by atoms with Crippen LogP contribution in [-0.4, -0.2) is 30.5 Å². The van der Waals surface area contributed by atoms with E-state index in [2.05, 4.69) is 9.97 Å². The summed E-state index contributed by atoms with van der Waals surface area (Å²) in [6, 6.07) is 13.4. The van der Waals surface area contributed by atoms with Gasteiger partial charge >= 0.3 is 0 Å². The standard InChI is InChI=1S/C22H18ClN3O3S2/c1-14-11-16(23)12-18-20(14)25-22(30-18)26(13-15-7-9-24-10-8-15)21(27)17-5-3-4-6-19(17)31(2,28)29/h3-12H,13H2,1-2H3. The topological polar surface area (TPSA) is 80.2 Å². The second-order valence-corrected chi connectivity index (χ2v) is 10.5. The Kier molecular flexibility index (Phi) is 5.79. The fourth-order valence-corrected chi connectivity index (χ4v) is 5.57. The maximum absolute atomic E-state index is 13.6. The minimum absolute atomic E-state index is 0.0138. The van der Waals surface area contributed by atoms with E-state index < -0.39 is 15.7 Å². The number of carbonyl (C=O) groups excluding carboxylic acids is 1. The van der Waals surface area contributed by atoms with Crippen LogP contribution in [0.2, 0.25) is 5.02 Å². The average molecular weight is 472 g/mol. The minimum Gasteiger partial charge on any atom is -0.279 e.